The molecule has 0 amide bonds. The van der Waals surface area contributed by atoms with Gasteiger partial charge in [-0.3, -0.25) is 0 Å². The molecule has 0 aromatic heterocycles. The topological polar surface area (TPSA) is 20.2 Å². The summed E-state index contributed by atoms with van der Waals surface area (Å²) in [6, 6.07) is 0. The van der Waals surface area contributed by atoms with E-state index in [2.05, 4.69) is 18.8 Å². The largest absolute Gasteiger partial charge is 0.378 e. The first-order valence-corrected chi connectivity index (χ1v) is 7.78. The summed E-state index contributed by atoms with van der Waals surface area (Å²) < 4.78 is 0. The normalized spacial score (nSPS) is 16.8. The quantitative estimate of drug-likeness (QED) is 0.437. The van der Waals surface area contributed by atoms with Crippen LogP contribution in [0.25, 0.3) is 0 Å². The Hall–Kier alpha value is -1.00. The van der Waals surface area contributed by atoms with E-state index >= 15 is 0 Å². The third kappa shape index (κ3) is 10.7. The zero-order valence-electron chi connectivity index (χ0n) is 13.5. The van der Waals surface area contributed by atoms with Crippen LogP contribution in [-0.4, -0.2) is 10.7 Å². The first-order valence-electron chi connectivity index (χ1n) is 7.78. The van der Waals surface area contributed by atoms with E-state index in [1.54, 1.807) is 6.92 Å². The fourth-order valence-corrected chi connectivity index (χ4v) is 1.94. The van der Waals surface area contributed by atoms with Crippen molar-refractivity contribution in [2.24, 2.45) is 0 Å². The standard InChI is InChI=1S/C15H21O.C5H5.Fe/c1-3-4-5-8-12-15(2,16)13-11-14-9-6-7-10-14;1-2-4-5-3-1;/h6-7,9-10,16H,3-5,8,12H2,1-2H3;1-5H;. The van der Waals surface area contributed by atoms with Crippen LogP contribution >= 0.6 is 0 Å². The summed E-state index contributed by atoms with van der Waals surface area (Å²) in [6.45, 7) is 3.99. The molecule has 0 saturated heterocycles. The van der Waals surface area contributed by atoms with Crippen LogP contribution < -0.4 is 0 Å². The molecule has 2 radical (unpaired) electrons. The van der Waals surface area contributed by atoms with Crippen molar-refractivity contribution in [2.45, 2.75) is 51.6 Å². The van der Waals surface area contributed by atoms with Crippen LogP contribution in [0.3, 0.4) is 0 Å². The predicted molar refractivity (Wildman–Crippen MR) is 91.3 cm³/mol. The second kappa shape index (κ2) is 12.5. The van der Waals surface area contributed by atoms with Gasteiger partial charge >= 0.3 is 0 Å². The van der Waals surface area contributed by atoms with Gasteiger partial charge in [0.05, 0.1) is 0 Å². The van der Waals surface area contributed by atoms with E-state index in [0.717, 1.165) is 18.4 Å². The van der Waals surface area contributed by atoms with Crippen LogP contribution in [0.15, 0.2) is 48.1 Å². The van der Waals surface area contributed by atoms with Gasteiger partial charge in [-0.2, -0.15) is 0 Å². The molecular formula is C20H26FeO. The van der Waals surface area contributed by atoms with Crippen molar-refractivity contribution in [3.63, 3.8) is 0 Å². The molecule has 22 heavy (non-hydrogen) atoms. The van der Waals surface area contributed by atoms with Gasteiger partial charge in [-0.15, -0.1) is 0 Å². The molecule has 1 unspecified atom stereocenters. The third-order valence-corrected chi connectivity index (χ3v) is 3.21. The number of aliphatic hydroxyl groups is 1. The Labute approximate surface area is 146 Å². The Bertz CT molecular complexity index is 460. The fraction of sp³-hybridized carbons (Fsp3) is 0.400. The minimum atomic E-state index is -0.842. The number of rotatable bonds is 5. The van der Waals surface area contributed by atoms with Crippen molar-refractivity contribution in [3.05, 3.63) is 60.9 Å². The van der Waals surface area contributed by atoms with Gasteiger partial charge in [-0.25, -0.2) is 0 Å². The molecule has 120 valence electrons. The van der Waals surface area contributed by atoms with Crippen molar-refractivity contribution in [1.29, 1.82) is 0 Å². The van der Waals surface area contributed by atoms with Gasteiger partial charge in [0.1, 0.15) is 5.60 Å². The minimum absolute atomic E-state index is 0. The summed E-state index contributed by atoms with van der Waals surface area (Å²) in [6.07, 6.45) is 23.3. The Morgan fingerprint density at radius 3 is 2.23 bits per heavy atom. The third-order valence-electron chi connectivity index (χ3n) is 3.21. The molecule has 0 saturated carbocycles. The SMILES string of the molecule is CCCCCCC(C)(O)C#CC1=C[CH]C=C1.[CH]1C=CC=C1.[Fe]. The van der Waals surface area contributed by atoms with Gasteiger partial charge in [-0.05, 0) is 19.8 Å². The van der Waals surface area contributed by atoms with Gasteiger partial charge in [0.15, 0.2) is 0 Å². The molecule has 0 heterocycles. The van der Waals surface area contributed by atoms with Crippen molar-refractivity contribution in [2.75, 3.05) is 0 Å². The van der Waals surface area contributed by atoms with E-state index in [1.807, 2.05) is 55.4 Å². The maximum absolute atomic E-state index is 10.0. The summed E-state index contributed by atoms with van der Waals surface area (Å²) >= 11 is 0. The van der Waals surface area contributed by atoms with E-state index in [9.17, 15) is 5.11 Å². The second-order valence-corrected chi connectivity index (χ2v) is 5.47. The molecule has 1 N–H and O–H groups in total. The Kier molecular flexibility index (Phi) is 12.0. The summed E-state index contributed by atoms with van der Waals surface area (Å²) in [5.41, 5.74) is 0.138. The Morgan fingerprint density at radius 1 is 1.00 bits per heavy atom. The maximum atomic E-state index is 10.0. The van der Waals surface area contributed by atoms with Crippen LogP contribution in [0.2, 0.25) is 0 Å². The average Bonchev–Trinajstić information content (AvgIpc) is 3.16. The van der Waals surface area contributed by atoms with Crippen LogP contribution in [0.4, 0.5) is 0 Å². The summed E-state index contributed by atoms with van der Waals surface area (Å²) in [4.78, 5) is 0. The molecular weight excluding hydrogens is 312 g/mol. The summed E-state index contributed by atoms with van der Waals surface area (Å²) in [7, 11) is 0. The van der Waals surface area contributed by atoms with Crippen LogP contribution in [-0.2, 0) is 17.1 Å². The molecule has 2 aliphatic rings. The smallest absolute Gasteiger partial charge is 0.123 e. The summed E-state index contributed by atoms with van der Waals surface area (Å²) in [5, 5.41) is 10.0. The molecule has 1 nitrogen and oxygen atoms in total. The van der Waals surface area contributed by atoms with Gasteiger partial charge in [0.25, 0.3) is 0 Å². The molecule has 0 aromatic carbocycles. The van der Waals surface area contributed by atoms with E-state index < -0.39 is 5.60 Å². The van der Waals surface area contributed by atoms with Crippen molar-refractivity contribution < 1.29 is 22.2 Å². The second-order valence-electron chi connectivity index (χ2n) is 5.47. The van der Waals surface area contributed by atoms with E-state index in [0.29, 0.717) is 0 Å². The Balaban J connectivity index is 0.000000622. The predicted octanol–water partition coefficient (Wildman–Crippen LogP) is 4.73. The minimum Gasteiger partial charge on any atom is -0.378 e. The molecule has 1 atom stereocenters. The molecule has 0 bridgehead atoms. The monoisotopic (exact) mass is 338 g/mol. The van der Waals surface area contributed by atoms with Crippen LogP contribution in [0.1, 0.15) is 46.0 Å². The van der Waals surface area contributed by atoms with Crippen LogP contribution in [0.5, 0.6) is 0 Å². The summed E-state index contributed by atoms with van der Waals surface area (Å²) in [5.74, 6) is 5.95. The van der Waals surface area contributed by atoms with Crippen molar-refractivity contribution in [3.8, 4) is 11.8 Å². The first-order chi connectivity index (χ1) is 10.1. The number of allylic oxidation sites excluding steroid dienone is 8. The van der Waals surface area contributed by atoms with Gasteiger partial charge in [0, 0.05) is 35.5 Å². The van der Waals surface area contributed by atoms with E-state index in [4.69, 9.17) is 0 Å². The molecule has 2 heteroatoms. The zero-order chi connectivity index (χ0) is 15.4. The Morgan fingerprint density at radius 2 is 1.73 bits per heavy atom. The molecule has 2 rings (SSSR count). The maximum Gasteiger partial charge on any atom is 0.123 e. The molecule has 0 spiro atoms. The average molecular weight is 338 g/mol. The zero-order valence-corrected chi connectivity index (χ0v) is 14.6. The van der Waals surface area contributed by atoms with Crippen LogP contribution in [0, 0.1) is 24.7 Å². The number of hydrogen-bond donors (Lipinski definition) is 1. The number of hydrogen-bond acceptors (Lipinski definition) is 1. The molecule has 0 aromatic rings. The van der Waals surface area contributed by atoms with Gasteiger partial charge < -0.3 is 5.11 Å². The number of unbranched alkanes of at least 4 members (excludes halogenated alkanes) is 3. The van der Waals surface area contributed by atoms with E-state index in [1.165, 1.54) is 19.3 Å². The molecule has 0 fully saturated rings. The fourth-order valence-electron chi connectivity index (χ4n) is 1.94. The molecule has 2 aliphatic carbocycles. The van der Waals surface area contributed by atoms with E-state index in [-0.39, 0.29) is 17.1 Å². The van der Waals surface area contributed by atoms with Gasteiger partial charge in [-0.1, -0.05) is 80.6 Å². The first kappa shape index (κ1) is 21.0. The molecule has 0 aliphatic heterocycles. The van der Waals surface area contributed by atoms with Crippen molar-refractivity contribution in [1.82, 2.24) is 0 Å². The van der Waals surface area contributed by atoms with Crippen molar-refractivity contribution >= 4 is 0 Å². The van der Waals surface area contributed by atoms with Gasteiger partial charge in [0.2, 0.25) is 0 Å².